The van der Waals surface area contributed by atoms with Gasteiger partial charge in [-0.05, 0) is 52.4 Å². The average molecular weight is 190 g/mol. The molecule has 0 bridgehead atoms. The van der Waals surface area contributed by atoms with Crippen molar-refractivity contribution in [1.29, 1.82) is 0 Å². The molecule has 0 aliphatic heterocycles. The lowest BCUT2D eigenvalue weighted by Gasteiger charge is -2.06. The van der Waals surface area contributed by atoms with Gasteiger partial charge in [0, 0.05) is 0 Å². The van der Waals surface area contributed by atoms with Gasteiger partial charge in [0.05, 0.1) is 0 Å². The van der Waals surface area contributed by atoms with E-state index in [0.717, 1.165) is 0 Å². The number of rotatable bonds is 0. The predicted octanol–water partition coefficient (Wildman–Crippen LogP) is 4.79. The smallest absolute Gasteiger partial charge is 0.0283 e. The van der Waals surface area contributed by atoms with Crippen molar-refractivity contribution in [3.63, 3.8) is 0 Å². The van der Waals surface area contributed by atoms with Crippen molar-refractivity contribution in [2.75, 3.05) is 0 Å². The molecule has 0 unspecified atom stereocenters. The molecule has 1 aliphatic carbocycles. The molecule has 0 atom stereocenters. The van der Waals surface area contributed by atoms with Gasteiger partial charge in [0.2, 0.25) is 0 Å². The second-order valence-electron chi connectivity index (χ2n) is 4.20. The summed E-state index contributed by atoms with van der Waals surface area (Å²) in [5.74, 6) is 0. The maximum absolute atomic E-state index is 2.34. The van der Waals surface area contributed by atoms with Crippen molar-refractivity contribution in [2.24, 2.45) is 0 Å². The van der Waals surface area contributed by atoms with Gasteiger partial charge in [-0.15, -0.1) is 0 Å². The van der Waals surface area contributed by atoms with Crippen LogP contribution < -0.4 is 0 Å². The van der Waals surface area contributed by atoms with Crippen LogP contribution in [-0.4, -0.2) is 0 Å². The van der Waals surface area contributed by atoms with E-state index in [1.54, 1.807) is 5.57 Å². The molecule has 0 spiro atoms. The minimum absolute atomic E-state index is 1.21. The Morgan fingerprint density at radius 1 is 0.786 bits per heavy atom. The predicted molar refractivity (Wildman–Crippen MR) is 64.4 cm³/mol. The van der Waals surface area contributed by atoms with E-state index in [9.17, 15) is 0 Å². The Morgan fingerprint density at radius 2 is 1.21 bits per heavy atom. The highest BCUT2D eigenvalue weighted by atomic mass is 14.0. The van der Waals surface area contributed by atoms with E-state index in [1.807, 2.05) is 0 Å². The zero-order chi connectivity index (χ0) is 10.2. The quantitative estimate of drug-likeness (QED) is 0.482. The van der Waals surface area contributed by atoms with Crippen LogP contribution in [0, 0.1) is 0 Å². The summed E-state index contributed by atoms with van der Waals surface area (Å²) in [6, 6.07) is 0. The molecule has 0 N–H and O–H groups in total. The molecule has 0 aromatic heterocycles. The Labute approximate surface area is 88.4 Å². The Morgan fingerprint density at radius 3 is 1.64 bits per heavy atom. The summed E-state index contributed by atoms with van der Waals surface area (Å²) in [4.78, 5) is 0. The summed E-state index contributed by atoms with van der Waals surface area (Å²) < 4.78 is 0. The van der Waals surface area contributed by atoms with Gasteiger partial charge in [0.25, 0.3) is 0 Å². The molecular formula is C14H22. The lowest BCUT2D eigenvalue weighted by molar-refractivity contribution is 0.845. The molecule has 0 heterocycles. The third-order valence-corrected chi connectivity index (χ3v) is 2.77. The molecule has 14 heavy (non-hydrogen) atoms. The van der Waals surface area contributed by atoms with Crippen LogP contribution in [-0.2, 0) is 0 Å². The van der Waals surface area contributed by atoms with Gasteiger partial charge in [-0.2, -0.15) is 0 Å². The van der Waals surface area contributed by atoms with Crippen molar-refractivity contribution in [2.45, 2.75) is 52.4 Å². The van der Waals surface area contributed by atoms with Gasteiger partial charge in [-0.25, -0.2) is 0 Å². The number of hydrogen-bond acceptors (Lipinski definition) is 0. The van der Waals surface area contributed by atoms with Gasteiger partial charge in [0.15, 0.2) is 0 Å². The Hall–Kier alpha value is -0.780. The van der Waals surface area contributed by atoms with Crippen molar-refractivity contribution >= 4 is 0 Å². The Bertz CT molecular complexity index is 217. The van der Waals surface area contributed by atoms with E-state index in [4.69, 9.17) is 0 Å². The lowest BCUT2D eigenvalue weighted by Crippen LogP contribution is -1.86. The second-order valence-corrected chi connectivity index (χ2v) is 4.20. The second kappa shape index (κ2) is 6.64. The monoisotopic (exact) mass is 190 g/mol. The number of hydrogen-bond donors (Lipinski definition) is 0. The first-order valence-corrected chi connectivity index (χ1v) is 5.76. The molecular weight excluding hydrogens is 168 g/mol. The number of allylic oxidation sites excluding steroid dienone is 6. The van der Waals surface area contributed by atoms with Crippen LogP contribution in [0.5, 0.6) is 0 Å². The van der Waals surface area contributed by atoms with Gasteiger partial charge in [-0.1, -0.05) is 35.5 Å². The average Bonchev–Trinajstić information content (AvgIpc) is 2.21. The van der Waals surface area contributed by atoms with Crippen LogP contribution in [0.4, 0.5) is 0 Å². The van der Waals surface area contributed by atoms with E-state index in [1.165, 1.54) is 44.1 Å². The minimum atomic E-state index is 1.21. The van der Waals surface area contributed by atoms with Crippen LogP contribution in [0.3, 0.4) is 0 Å². The molecule has 0 fully saturated rings. The zero-order valence-electron chi connectivity index (χ0n) is 9.55. The van der Waals surface area contributed by atoms with Gasteiger partial charge >= 0.3 is 0 Å². The fourth-order valence-corrected chi connectivity index (χ4v) is 1.80. The standard InChI is InChI=1S/C14H22/c1-13(2)14-11-9-7-5-3-4-6-8-10-12-14/h5-8H,3-4,9-12H2,1-2H3/b7-5+,8-6+. The topological polar surface area (TPSA) is 0 Å². The van der Waals surface area contributed by atoms with Crippen molar-refractivity contribution < 1.29 is 0 Å². The Kier molecular flexibility index (Phi) is 5.36. The lowest BCUT2D eigenvalue weighted by atomic mass is 10.00. The largest absolute Gasteiger partial charge is 0.0882 e. The van der Waals surface area contributed by atoms with E-state index in [0.29, 0.717) is 0 Å². The third-order valence-electron chi connectivity index (χ3n) is 2.77. The van der Waals surface area contributed by atoms with E-state index in [-0.39, 0.29) is 0 Å². The summed E-state index contributed by atoms with van der Waals surface area (Å²) >= 11 is 0. The highest BCUT2D eigenvalue weighted by Gasteiger charge is 1.98. The van der Waals surface area contributed by atoms with Crippen LogP contribution in [0.1, 0.15) is 52.4 Å². The maximum Gasteiger partial charge on any atom is -0.0283 e. The van der Waals surface area contributed by atoms with E-state index >= 15 is 0 Å². The van der Waals surface area contributed by atoms with Crippen molar-refractivity contribution in [3.05, 3.63) is 35.5 Å². The summed E-state index contributed by atoms with van der Waals surface area (Å²) in [5.41, 5.74) is 3.17. The highest BCUT2D eigenvalue weighted by molar-refractivity contribution is 5.12. The van der Waals surface area contributed by atoms with E-state index in [2.05, 4.69) is 38.2 Å². The van der Waals surface area contributed by atoms with Crippen LogP contribution in [0.25, 0.3) is 0 Å². The first kappa shape index (κ1) is 11.3. The molecule has 0 aromatic carbocycles. The van der Waals surface area contributed by atoms with Crippen LogP contribution in [0.15, 0.2) is 35.5 Å². The SMILES string of the molecule is CC(C)=C1CC/C=C/CC/C=C/CC1. The molecule has 78 valence electrons. The summed E-state index contributed by atoms with van der Waals surface area (Å²) in [5, 5.41) is 0. The van der Waals surface area contributed by atoms with Gasteiger partial charge < -0.3 is 0 Å². The molecule has 0 saturated carbocycles. The maximum atomic E-state index is 2.34. The fourth-order valence-electron chi connectivity index (χ4n) is 1.80. The van der Waals surface area contributed by atoms with Crippen LogP contribution in [0.2, 0.25) is 0 Å². The summed E-state index contributed by atoms with van der Waals surface area (Å²) in [7, 11) is 0. The van der Waals surface area contributed by atoms with Crippen LogP contribution >= 0.6 is 0 Å². The normalized spacial score (nSPS) is 23.7. The first-order chi connectivity index (χ1) is 6.80. The molecule has 0 nitrogen and oxygen atoms in total. The molecule has 0 radical (unpaired) electrons. The zero-order valence-corrected chi connectivity index (χ0v) is 9.55. The Balaban J connectivity index is 2.57. The molecule has 1 rings (SSSR count). The fraction of sp³-hybridized carbons (Fsp3) is 0.571. The van der Waals surface area contributed by atoms with Crippen molar-refractivity contribution in [1.82, 2.24) is 0 Å². The summed E-state index contributed by atoms with van der Waals surface area (Å²) in [6.07, 6.45) is 16.7. The van der Waals surface area contributed by atoms with Crippen molar-refractivity contribution in [3.8, 4) is 0 Å². The van der Waals surface area contributed by atoms with Gasteiger partial charge in [0.1, 0.15) is 0 Å². The minimum Gasteiger partial charge on any atom is -0.0882 e. The summed E-state index contributed by atoms with van der Waals surface area (Å²) in [6.45, 7) is 4.48. The highest BCUT2D eigenvalue weighted by Crippen LogP contribution is 2.18. The first-order valence-electron chi connectivity index (χ1n) is 5.76. The van der Waals surface area contributed by atoms with E-state index < -0.39 is 0 Å². The third kappa shape index (κ3) is 4.45. The van der Waals surface area contributed by atoms with Gasteiger partial charge in [-0.3, -0.25) is 0 Å². The molecule has 0 aromatic rings. The molecule has 0 heteroatoms. The molecule has 1 aliphatic rings. The molecule has 0 saturated heterocycles. The molecule has 0 amide bonds.